The van der Waals surface area contributed by atoms with Crippen molar-refractivity contribution in [2.24, 2.45) is 0 Å². The Morgan fingerprint density at radius 1 is 1.41 bits per heavy atom. The third-order valence-corrected chi connectivity index (χ3v) is 4.64. The minimum absolute atomic E-state index is 0.695. The Morgan fingerprint density at radius 2 is 2.18 bits per heavy atom. The van der Waals surface area contributed by atoms with Gasteiger partial charge in [-0.25, -0.2) is 4.98 Å². The molecule has 1 N–H and O–H groups in total. The van der Waals surface area contributed by atoms with E-state index in [9.17, 15) is 0 Å². The molecule has 2 rings (SSSR count). The van der Waals surface area contributed by atoms with E-state index < -0.39 is 0 Å². The van der Waals surface area contributed by atoms with Crippen LogP contribution in [0.25, 0.3) is 0 Å². The summed E-state index contributed by atoms with van der Waals surface area (Å²) in [4.78, 5) is 8.67. The van der Waals surface area contributed by atoms with Crippen LogP contribution in [0.3, 0.4) is 0 Å². The standard InChI is InChI=1S/C12H11BrN2S2/c1-8-4-2-3-5-10(8)17-7-11-14-6-9(13)12(16)15-11/h2-6H,7H2,1H3,(H,14,15,16). The van der Waals surface area contributed by atoms with Crippen LogP contribution < -0.4 is 0 Å². The van der Waals surface area contributed by atoms with Crippen LogP contribution in [0.1, 0.15) is 11.4 Å². The van der Waals surface area contributed by atoms with Gasteiger partial charge in [0.25, 0.3) is 0 Å². The van der Waals surface area contributed by atoms with Crippen molar-refractivity contribution in [1.29, 1.82) is 0 Å². The first-order valence-electron chi connectivity index (χ1n) is 5.09. The van der Waals surface area contributed by atoms with E-state index in [1.807, 2.05) is 12.1 Å². The average Bonchev–Trinajstić information content (AvgIpc) is 2.32. The Bertz CT molecular complexity index is 581. The summed E-state index contributed by atoms with van der Waals surface area (Å²) in [6, 6.07) is 8.32. The van der Waals surface area contributed by atoms with Gasteiger partial charge in [-0.05, 0) is 34.5 Å². The zero-order chi connectivity index (χ0) is 12.3. The molecule has 0 unspecified atom stereocenters. The van der Waals surface area contributed by atoms with E-state index in [0.717, 1.165) is 16.0 Å². The second kappa shape index (κ2) is 5.80. The maximum Gasteiger partial charge on any atom is 0.120 e. The first-order valence-corrected chi connectivity index (χ1v) is 7.27. The SMILES string of the molecule is Cc1ccccc1SCc1ncc(Br)c(=S)[nH]1. The number of aromatic nitrogens is 2. The summed E-state index contributed by atoms with van der Waals surface area (Å²) < 4.78 is 1.53. The average molecular weight is 327 g/mol. The van der Waals surface area contributed by atoms with Crippen molar-refractivity contribution in [3.8, 4) is 0 Å². The van der Waals surface area contributed by atoms with Gasteiger partial charge in [0, 0.05) is 11.1 Å². The minimum Gasteiger partial charge on any atom is -0.333 e. The first kappa shape index (κ1) is 12.8. The quantitative estimate of drug-likeness (QED) is 0.664. The summed E-state index contributed by atoms with van der Waals surface area (Å²) in [5, 5.41) is 0. The number of aromatic amines is 1. The van der Waals surface area contributed by atoms with Crippen molar-refractivity contribution in [2.45, 2.75) is 17.6 Å². The molecule has 1 aromatic carbocycles. The molecule has 0 aliphatic carbocycles. The van der Waals surface area contributed by atoms with Crippen LogP contribution in [0.15, 0.2) is 39.8 Å². The molecule has 5 heteroatoms. The molecule has 0 saturated heterocycles. The summed E-state index contributed by atoms with van der Waals surface area (Å²) in [5.41, 5.74) is 1.29. The Morgan fingerprint density at radius 3 is 2.88 bits per heavy atom. The molecule has 0 aliphatic rings. The molecule has 1 aromatic heterocycles. The Kier molecular flexibility index (Phi) is 4.36. The van der Waals surface area contributed by atoms with E-state index in [-0.39, 0.29) is 0 Å². The van der Waals surface area contributed by atoms with Crippen molar-refractivity contribution in [2.75, 3.05) is 0 Å². The van der Waals surface area contributed by atoms with Gasteiger partial charge >= 0.3 is 0 Å². The fourth-order valence-corrected chi connectivity index (χ4v) is 2.64. The number of aryl methyl sites for hydroxylation is 1. The highest BCUT2D eigenvalue weighted by atomic mass is 79.9. The third kappa shape index (κ3) is 3.40. The molecule has 1 heterocycles. The van der Waals surface area contributed by atoms with Gasteiger partial charge < -0.3 is 4.98 Å². The molecule has 0 amide bonds. The van der Waals surface area contributed by atoms with Crippen molar-refractivity contribution in [3.63, 3.8) is 0 Å². The number of benzene rings is 1. The van der Waals surface area contributed by atoms with E-state index in [2.05, 4.69) is 45.0 Å². The second-order valence-corrected chi connectivity index (χ2v) is 5.84. The van der Waals surface area contributed by atoms with Gasteiger partial charge in [0.15, 0.2) is 0 Å². The van der Waals surface area contributed by atoms with E-state index in [1.54, 1.807) is 18.0 Å². The Balaban J connectivity index is 2.10. The van der Waals surface area contributed by atoms with Crippen LogP contribution in [0.5, 0.6) is 0 Å². The lowest BCUT2D eigenvalue weighted by atomic mass is 10.2. The Hall–Kier alpha value is -0.650. The highest BCUT2D eigenvalue weighted by Crippen LogP contribution is 2.24. The molecule has 0 fully saturated rings. The number of H-pyrrole nitrogens is 1. The number of rotatable bonds is 3. The Labute approximate surface area is 118 Å². The molecule has 0 radical (unpaired) electrons. The van der Waals surface area contributed by atoms with Crippen molar-refractivity contribution in [1.82, 2.24) is 9.97 Å². The largest absolute Gasteiger partial charge is 0.333 e. The summed E-state index contributed by atoms with van der Waals surface area (Å²) in [7, 11) is 0. The lowest BCUT2D eigenvalue weighted by Gasteiger charge is -2.04. The minimum atomic E-state index is 0.695. The number of hydrogen-bond donors (Lipinski definition) is 1. The second-order valence-electron chi connectivity index (χ2n) is 3.56. The van der Waals surface area contributed by atoms with E-state index >= 15 is 0 Å². The van der Waals surface area contributed by atoms with Crippen molar-refractivity contribution in [3.05, 3.63) is 51.0 Å². The summed E-state index contributed by atoms with van der Waals surface area (Å²) >= 11 is 10.2. The van der Waals surface area contributed by atoms with Gasteiger partial charge in [0.05, 0.1) is 10.2 Å². The third-order valence-electron chi connectivity index (χ3n) is 2.27. The fourth-order valence-electron chi connectivity index (χ4n) is 1.35. The fraction of sp³-hybridized carbons (Fsp3) is 0.167. The first-order chi connectivity index (χ1) is 8.16. The molecular formula is C12H11BrN2S2. The van der Waals surface area contributed by atoms with E-state index in [0.29, 0.717) is 4.64 Å². The molecule has 17 heavy (non-hydrogen) atoms. The van der Waals surface area contributed by atoms with Gasteiger partial charge in [-0.3, -0.25) is 0 Å². The number of nitrogens with zero attached hydrogens (tertiary/aromatic N) is 1. The van der Waals surface area contributed by atoms with Gasteiger partial charge in [-0.1, -0.05) is 30.4 Å². The number of nitrogens with one attached hydrogen (secondary N) is 1. The summed E-state index contributed by atoms with van der Waals surface area (Å²) in [5.74, 6) is 1.69. The van der Waals surface area contributed by atoms with Crippen molar-refractivity contribution >= 4 is 39.9 Å². The van der Waals surface area contributed by atoms with E-state index in [1.165, 1.54) is 10.5 Å². The highest BCUT2D eigenvalue weighted by Gasteiger charge is 2.01. The smallest absolute Gasteiger partial charge is 0.120 e. The van der Waals surface area contributed by atoms with Crippen LogP contribution in [0.2, 0.25) is 0 Å². The van der Waals surface area contributed by atoms with Crippen LogP contribution >= 0.6 is 39.9 Å². The molecule has 2 nitrogen and oxygen atoms in total. The van der Waals surface area contributed by atoms with Crippen LogP contribution in [-0.4, -0.2) is 9.97 Å². The lowest BCUT2D eigenvalue weighted by molar-refractivity contribution is 1.01. The molecule has 0 atom stereocenters. The number of hydrogen-bond acceptors (Lipinski definition) is 3. The zero-order valence-electron chi connectivity index (χ0n) is 9.24. The van der Waals surface area contributed by atoms with Crippen LogP contribution in [0.4, 0.5) is 0 Å². The molecule has 2 aromatic rings. The van der Waals surface area contributed by atoms with Gasteiger partial charge in [0.1, 0.15) is 10.5 Å². The number of halogens is 1. The predicted molar refractivity (Wildman–Crippen MR) is 77.9 cm³/mol. The van der Waals surface area contributed by atoms with Crippen LogP contribution in [0, 0.1) is 11.6 Å². The molecular weight excluding hydrogens is 316 g/mol. The van der Waals surface area contributed by atoms with E-state index in [4.69, 9.17) is 12.2 Å². The predicted octanol–water partition coefficient (Wildman–Crippen LogP) is 4.50. The van der Waals surface area contributed by atoms with Gasteiger partial charge in [-0.15, -0.1) is 11.8 Å². The number of thioether (sulfide) groups is 1. The summed E-state index contributed by atoms with van der Waals surface area (Å²) in [6.07, 6.45) is 1.74. The maximum absolute atomic E-state index is 5.15. The van der Waals surface area contributed by atoms with Gasteiger partial charge in [0.2, 0.25) is 0 Å². The topological polar surface area (TPSA) is 28.7 Å². The highest BCUT2D eigenvalue weighted by molar-refractivity contribution is 9.10. The molecule has 88 valence electrons. The van der Waals surface area contributed by atoms with Crippen molar-refractivity contribution < 1.29 is 0 Å². The zero-order valence-corrected chi connectivity index (χ0v) is 12.5. The lowest BCUT2D eigenvalue weighted by Crippen LogP contribution is -1.93. The molecule has 0 saturated carbocycles. The normalized spacial score (nSPS) is 10.5. The molecule has 0 spiro atoms. The monoisotopic (exact) mass is 326 g/mol. The molecule has 0 aliphatic heterocycles. The van der Waals surface area contributed by atoms with Gasteiger partial charge in [-0.2, -0.15) is 0 Å². The summed E-state index contributed by atoms with van der Waals surface area (Å²) in [6.45, 7) is 2.11. The maximum atomic E-state index is 5.15. The molecule has 0 bridgehead atoms. The van der Waals surface area contributed by atoms with Crippen LogP contribution in [-0.2, 0) is 5.75 Å².